The first-order valence-corrected chi connectivity index (χ1v) is 10.2. The minimum atomic E-state index is -0.775. The third kappa shape index (κ3) is 3.69. The molecule has 1 saturated carbocycles. The number of amides is 1. The lowest BCUT2D eigenvalue weighted by Crippen LogP contribution is -2.46. The summed E-state index contributed by atoms with van der Waals surface area (Å²) in [7, 11) is 0. The first kappa shape index (κ1) is 18.7. The van der Waals surface area contributed by atoms with E-state index in [0.29, 0.717) is 36.5 Å². The van der Waals surface area contributed by atoms with Crippen LogP contribution in [0.3, 0.4) is 0 Å². The molecule has 1 amide bonds. The second kappa shape index (κ2) is 7.76. The Morgan fingerprint density at radius 3 is 2.63 bits per heavy atom. The van der Waals surface area contributed by atoms with Crippen molar-refractivity contribution in [3.05, 3.63) is 29.1 Å². The molecule has 2 fully saturated rings. The fourth-order valence-corrected chi connectivity index (χ4v) is 5.00. The van der Waals surface area contributed by atoms with Gasteiger partial charge in [-0.1, -0.05) is 6.07 Å². The summed E-state index contributed by atoms with van der Waals surface area (Å²) < 4.78 is 19.6. The van der Waals surface area contributed by atoms with Crippen molar-refractivity contribution in [3.63, 3.8) is 0 Å². The summed E-state index contributed by atoms with van der Waals surface area (Å²) >= 11 is 0. The molecule has 4 rings (SSSR count). The molecule has 27 heavy (non-hydrogen) atoms. The molecule has 0 radical (unpaired) electrons. The van der Waals surface area contributed by atoms with Crippen molar-refractivity contribution < 1.29 is 19.0 Å². The van der Waals surface area contributed by atoms with E-state index in [-0.39, 0.29) is 11.5 Å². The van der Waals surface area contributed by atoms with Gasteiger partial charge in [0.15, 0.2) is 11.6 Å². The number of morpholine rings is 1. The second-order valence-electron chi connectivity index (χ2n) is 8.29. The molecule has 0 spiro atoms. The number of ether oxygens (including phenoxy) is 1. The molecule has 3 aliphatic rings. The maximum atomic E-state index is 14.1. The lowest BCUT2D eigenvalue weighted by molar-refractivity contribution is 0.000111. The van der Waals surface area contributed by atoms with Gasteiger partial charge in [-0.2, -0.15) is 0 Å². The zero-order valence-electron chi connectivity index (χ0n) is 16.0. The highest BCUT2D eigenvalue weighted by atomic mass is 19.1. The van der Waals surface area contributed by atoms with E-state index in [0.717, 1.165) is 39.1 Å². The van der Waals surface area contributed by atoms with Crippen LogP contribution in [-0.2, 0) is 11.3 Å². The normalized spacial score (nSPS) is 27.6. The quantitative estimate of drug-likeness (QED) is 0.878. The molecule has 1 aromatic rings. The first-order valence-electron chi connectivity index (χ1n) is 10.2. The van der Waals surface area contributed by atoms with Crippen LogP contribution in [0.25, 0.3) is 0 Å². The van der Waals surface area contributed by atoms with Gasteiger partial charge in [0.05, 0.1) is 18.8 Å². The number of nitrogens with zero attached hydrogens (tertiary/aromatic N) is 2. The Hall–Kier alpha value is -1.66. The number of fused-ring (bicyclic) bond motifs is 1. The van der Waals surface area contributed by atoms with Crippen LogP contribution in [0.2, 0.25) is 0 Å². The number of hydrogen-bond acceptors (Lipinski definition) is 4. The van der Waals surface area contributed by atoms with Gasteiger partial charge in [-0.05, 0) is 56.1 Å². The molecular formula is C21H29FN2O3. The van der Waals surface area contributed by atoms with E-state index in [4.69, 9.17) is 4.74 Å². The van der Waals surface area contributed by atoms with E-state index < -0.39 is 11.6 Å². The summed E-state index contributed by atoms with van der Waals surface area (Å²) in [6.45, 7) is 7.21. The van der Waals surface area contributed by atoms with E-state index in [9.17, 15) is 14.3 Å². The number of carbonyl (C=O) groups excluding carboxylic acids is 1. The number of phenols is 1. The number of phenolic OH excluding ortho intramolecular Hbond substituents is 1. The monoisotopic (exact) mass is 376 g/mol. The van der Waals surface area contributed by atoms with Crippen molar-refractivity contribution in [1.82, 2.24) is 9.80 Å². The lowest BCUT2D eigenvalue weighted by Gasteiger charge is -2.40. The summed E-state index contributed by atoms with van der Waals surface area (Å²) in [4.78, 5) is 16.9. The van der Waals surface area contributed by atoms with Crippen molar-refractivity contribution in [1.29, 1.82) is 0 Å². The fourth-order valence-electron chi connectivity index (χ4n) is 5.00. The molecule has 0 aromatic heterocycles. The predicted octanol–water partition coefficient (Wildman–Crippen LogP) is 3.01. The Bertz CT molecular complexity index is 697. The Labute approximate surface area is 160 Å². The number of carbonyl (C=O) groups is 1. The molecule has 1 atom stereocenters. The smallest absolute Gasteiger partial charge is 0.257 e. The molecule has 1 aliphatic carbocycles. The molecule has 2 aliphatic heterocycles. The Balaban J connectivity index is 1.31. The number of benzene rings is 1. The van der Waals surface area contributed by atoms with Crippen LogP contribution >= 0.6 is 0 Å². The van der Waals surface area contributed by atoms with Gasteiger partial charge >= 0.3 is 0 Å². The van der Waals surface area contributed by atoms with Gasteiger partial charge in [0, 0.05) is 32.2 Å². The van der Waals surface area contributed by atoms with E-state index in [1.54, 1.807) is 11.0 Å². The van der Waals surface area contributed by atoms with Crippen LogP contribution < -0.4 is 0 Å². The Kier molecular flexibility index (Phi) is 5.37. The molecule has 1 unspecified atom stereocenters. The summed E-state index contributed by atoms with van der Waals surface area (Å²) in [6.07, 6.45) is 4.61. The van der Waals surface area contributed by atoms with Crippen molar-refractivity contribution >= 4 is 5.91 Å². The lowest BCUT2D eigenvalue weighted by atomic mass is 9.78. The maximum absolute atomic E-state index is 14.1. The molecule has 2 heterocycles. The average molecular weight is 376 g/mol. The molecule has 1 saturated heterocycles. The molecule has 148 valence electrons. The predicted molar refractivity (Wildman–Crippen MR) is 100 cm³/mol. The van der Waals surface area contributed by atoms with Gasteiger partial charge in [-0.15, -0.1) is 0 Å². The van der Waals surface area contributed by atoms with Crippen LogP contribution in [0, 0.1) is 17.7 Å². The number of hydrogen-bond donors (Lipinski definition) is 1. The maximum Gasteiger partial charge on any atom is 0.257 e. The fraction of sp³-hybridized carbons (Fsp3) is 0.667. The van der Waals surface area contributed by atoms with Crippen molar-refractivity contribution in [2.75, 3.05) is 32.8 Å². The zero-order chi connectivity index (χ0) is 19.0. The molecule has 1 aromatic carbocycles. The number of rotatable bonds is 4. The van der Waals surface area contributed by atoms with E-state index in [2.05, 4.69) is 11.8 Å². The molecule has 0 bridgehead atoms. The van der Waals surface area contributed by atoms with E-state index in [1.165, 1.54) is 18.9 Å². The molecular weight excluding hydrogens is 347 g/mol. The summed E-state index contributed by atoms with van der Waals surface area (Å²) in [5.41, 5.74) is 0.745. The highest BCUT2D eigenvalue weighted by Crippen LogP contribution is 2.36. The Morgan fingerprint density at radius 1 is 1.22 bits per heavy atom. The van der Waals surface area contributed by atoms with E-state index >= 15 is 0 Å². The average Bonchev–Trinajstić information content (AvgIpc) is 3.01. The molecule has 5 nitrogen and oxygen atoms in total. The van der Waals surface area contributed by atoms with Crippen LogP contribution in [0.15, 0.2) is 12.1 Å². The van der Waals surface area contributed by atoms with Crippen LogP contribution in [0.4, 0.5) is 4.39 Å². The molecule has 1 N–H and O–H groups in total. The zero-order valence-corrected chi connectivity index (χ0v) is 16.0. The third-order valence-corrected chi connectivity index (χ3v) is 6.74. The van der Waals surface area contributed by atoms with Crippen molar-refractivity contribution in [2.24, 2.45) is 11.8 Å². The SMILES string of the molecule is CC(C1CCC(CN2Cc3ccc(O)c(F)c3C2=O)CC1)N1CCOCC1. The minimum absolute atomic E-state index is 0.0598. The van der Waals surface area contributed by atoms with Gasteiger partial charge in [0.2, 0.25) is 0 Å². The van der Waals surface area contributed by atoms with Gasteiger partial charge < -0.3 is 14.7 Å². The van der Waals surface area contributed by atoms with E-state index in [1.807, 2.05) is 0 Å². The van der Waals surface area contributed by atoms with Gasteiger partial charge in [-0.25, -0.2) is 4.39 Å². The highest BCUT2D eigenvalue weighted by Gasteiger charge is 2.35. The largest absolute Gasteiger partial charge is 0.505 e. The summed E-state index contributed by atoms with van der Waals surface area (Å²) in [6, 6.07) is 3.58. The summed E-state index contributed by atoms with van der Waals surface area (Å²) in [5.74, 6) is -0.305. The number of halogens is 1. The van der Waals surface area contributed by atoms with Crippen molar-refractivity contribution in [3.8, 4) is 5.75 Å². The topological polar surface area (TPSA) is 53.0 Å². The van der Waals surface area contributed by atoms with Crippen LogP contribution in [0.1, 0.15) is 48.5 Å². The minimum Gasteiger partial charge on any atom is -0.505 e. The Morgan fingerprint density at radius 2 is 1.93 bits per heavy atom. The highest BCUT2D eigenvalue weighted by molar-refractivity contribution is 5.99. The van der Waals surface area contributed by atoms with Gasteiger partial charge in [-0.3, -0.25) is 9.69 Å². The standard InChI is InChI=1S/C21H29FN2O3/c1-14(23-8-10-27-11-9-23)16-4-2-15(3-5-16)12-24-13-17-6-7-18(25)20(22)19(17)21(24)26/h6-7,14-16,25H,2-5,8-13H2,1H3. The van der Waals surface area contributed by atoms with Gasteiger partial charge in [0.1, 0.15) is 0 Å². The van der Waals surface area contributed by atoms with Crippen LogP contribution in [-0.4, -0.2) is 59.7 Å². The third-order valence-electron chi connectivity index (χ3n) is 6.74. The van der Waals surface area contributed by atoms with Crippen LogP contribution in [0.5, 0.6) is 5.75 Å². The van der Waals surface area contributed by atoms with Crippen molar-refractivity contribution in [2.45, 2.75) is 45.2 Å². The van der Waals surface area contributed by atoms with Gasteiger partial charge in [0.25, 0.3) is 5.91 Å². The first-order chi connectivity index (χ1) is 13.0. The second-order valence-corrected chi connectivity index (χ2v) is 8.29. The number of aromatic hydroxyl groups is 1. The molecule has 6 heteroatoms. The summed E-state index contributed by atoms with van der Waals surface area (Å²) in [5, 5.41) is 9.54.